The normalized spacial score (nSPS) is 11.5. The van der Waals surface area contributed by atoms with Crippen molar-refractivity contribution < 1.29 is 35.1 Å². The van der Waals surface area contributed by atoms with Gasteiger partial charge in [0.15, 0.2) is 11.4 Å². The standard InChI is InChI=1S/C66H38F4N4.C60H46F4N4Si2/c1-72-50-26-30-52(31-27-50)74(64-39-58(68)56(37-60(64)70)47-20-16-45(17-21-47)43-10-6-3-7-11-43)62-35-25-49-22-32-53-61(34-24-48-23-33-54(62)66(49)65(48)53)73(51-28-12-41(40-71)13-29-51)63-38-57(67)55(36-59(63)69)46-18-14-44(15-19-46)42-8-4-2-5-9-42;1-66-40-22-26-42(27-23-40)68(56-35-50(62)48(33-52(56)64)44-13-9-11-15-58(44)70(5,6)7)54-31-21-39-18-28-45-53(30-20-38-19-29-46(54)60(39)59(38)45)67(41-24-16-37(36-65)17-25-41)55-34-49(61)47(32-51(55)63)43-12-8-10-14-57(43)69(2,3)4/h2-39H;8-35H,2-7H3. The van der Waals surface area contributed by atoms with Crippen molar-refractivity contribution in [3.63, 3.8) is 0 Å². The fourth-order valence-electron chi connectivity index (χ4n) is 20.1. The summed E-state index contributed by atoms with van der Waals surface area (Å²) >= 11 is 0. The highest BCUT2D eigenvalue weighted by Crippen LogP contribution is 2.54. The third-order valence-electron chi connectivity index (χ3n) is 27.0. The summed E-state index contributed by atoms with van der Waals surface area (Å²) in [5, 5.41) is 31.1. The van der Waals surface area contributed by atoms with Gasteiger partial charge in [-0.2, -0.15) is 10.5 Å². The number of nitriles is 2. The first-order valence-corrected chi connectivity index (χ1v) is 53.8. The zero-order chi connectivity index (χ0) is 99.7. The van der Waals surface area contributed by atoms with Crippen LogP contribution in [0, 0.1) is 82.3 Å². The molecule has 0 aromatic heterocycles. The molecule has 0 saturated carbocycles. The van der Waals surface area contributed by atoms with E-state index in [0.29, 0.717) is 101 Å². The molecule has 8 nitrogen and oxygen atoms in total. The largest absolute Gasteiger partial charge is 0.307 e. The van der Waals surface area contributed by atoms with E-state index in [9.17, 15) is 10.5 Å². The molecule has 0 saturated heterocycles. The zero-order valence-corrected chi connectivity index (χ0v) is 80.7. The van der Waals surface area contributed by atoms with E-state index in [0.717, 1.165) is 86.5 Å². The van der Waals surface area contributed by atoms with Crippen LogP contribution in [0.4, 0.5) is 115 Å². The van der Waals surface area contributed by atoms with Crippen molar-refractivity contribution in [2.75, 3.05) is 19.6 Å². The van der Waals surface area contributed by atoms with E-state index in [4.69, 9.17) is 13.1 Å². The smallest absolute Gasteiger partial charge is 0.187 e. The average molecular weight is 1920 g/mol. The van der Waals surface area contributed by atoms with Gasteiger partial charge in [-0.25, -0.2) is 44.8 Å². The van der Waals surface area contributed by atoms with Gasteiger partial charge in [0.1, 0.15) is 46.5 Å². The predicted octanol–water partition coefficient (Wildman–Crippen LogP) is 36.1. The summed E-state index contributed by atoms with van der Waals surface area (Å²) in [6.45, 7) is 28.3. The molecule has 22 aromatic rings. The average Bonchev–Trinajstić information content (AvgIpc) is 0.718. The molecule has 0 aliphatic heterocycles. The molecule has 22 rings (SSSR count). The fourth-order valence-corrected chi connectivity index (χ4v) is 23.3. The number of rotatable bonds is 20. The second kappa shape index (κ2) is 37.6. The van der Waals surface area contributed by atoms with E-state index in [1.54, 1.807) is 141 Å². The zero-order valence-electron chi connectivity index (χ0n) is 78.7. The van der Waals surface area contributed by atoms with Crippen LogP contribution in [0.2, 0.25) is 39.3 Å². The van der Waals surface area contributed by atoms with Crippen LogP contribution in [0.3, 0.4) is 0 Å². The molecule has 0 fully saturated rings. The Morgan fingerprint density at radius 3 is 0.729 bits per heavy atom. The van der Waals surface area contributed by atoms with Crippen LogP contribution in [0.15, 0.2) is 400 Å². The van der Waals surface area contributed by atoms with Crippen molar-refractivity contribution in [2.45, 2.75) is 39.3 Å². The van der Waals surface area contributed by atoms with Gasteiger partial charge in [0.05, 0.1) is 98.1 Å². The molecule has 0 aliphatic carbocycles. The molecule has 0 radical (unpaired) electrons. The van der Waals surface area contributed by atoms with Gasteiger partial charge < -0.3 is 19.6 Å². The summed E-state index contributed by atoms with van der Waals surface area (Å²) in [6, 6.07) is 122. The minimum absolute atomic E-state index is 0.0153. The van der Waals surface area contributed by atoms with E-state index < -0.39 is 62.7 Å². The van der Waals surface area contributed by atoms with Gasteiger partial charge in [0.2, 0.25) is 0 Å². The summed E-state index contributed by atoms with van der Waals surface area (Å²) in [5.41, 5.74) is 12.5. The summed E-state index contributed by atoms with van der Waals surface area (Å²) in [5.74, 6) is -5.02. The molecule has 0 bridgehead atoms. The number of anilines is 12. The topological polar surface area (TPSA) is 69.3 Å². The molecule has 692 valence electrons. The lowest BCUT2D eigenvalue weighted by atomic mass is 9.91. The monoisotopic (exact) mass is 1920 g/mol. The van der Waals surface area contributed by atoms with Crippen molar-refractivity contribution in [3.05, 3.63) is 481 Å². The molecular weight excluding hydrogens is 1830 g/mol. The minimum Gasteiger partial charge on any atom is -0.307 e. The molecule has 0 heterocycles. The first kappa shape index (κ1) is 92.3. The van der Waals surface area contributed by atoms with Gasteiger partial charge >= 0.3 is 0 Å². The maximum absolute atomic E-state index is 17.1. The van der Waals surface area contributed by atoms with Crippen LogP contribution in [0.25, 0.3) is 141 Å². The Labute approximate surface area is 829 Å². The number of nitrogens with zero attached hydrogens (tertiary/aromatic N) is 8. The lowest BCUT2D eigenvalue weighted by molar-refractivity contribution is 0.604. The third-order valence-corrected chi connectivity index (χ3v) is 31.1. The first-order chi connectivity index (χ1) is 69.8. The summed E-state index contributed by atoms with van der Waals surface area (Å²) in [7, 11) is -3.94. The molecule has 0 amide bonds. The van der Waals surface area contributed by atoms with Crippen LogP contribution in [0.5, 0.6) is 0 Å². The second-order valence-corrected chi connectivity index (χ2v) is 47.8. The predicted molar refractivity (Wildman–Crippen MR) is 579 cm³/mol. The van der Waals surface area contributed by atoms with E-state index in [1.807, 2.05) is 231 Å². The Kier molecular flexibility index (Phi) is 24.1. The van der Waals surface area contributed by atoms with Gasteiger partial charge in [-0.15, -0.1) is 0 Å². The Hall–Kier alpha value is -18.0. The lowest BCUT2D eigenvalue weighted by Crippen LogP contribution is -2.39. The highest BCUT2D eigenvalue weighted by molar-refractivity contribution is 6.90. The molecular formula is C126H84F8N8Si2. The highest BCUT2D eigenvalue weighted by atomic mass is 28.3. The number of benzene rings is 22. The van der Waals surface area contributed by atoms with Gasteiger partial charge in [0.25, 0.3) is 0 Å². The van der Waals surface area contributed by atoms with Gasteiger partial charge in [-0.3, -0.25) is 0 Å². The second-order valence-electron chi connectivity index (χ2n) is 37.7. The first-order valence-electron chi connectivity index (χ1n) is 46.8. The SMILES string of the molecule is [C-]#[N+]c1ccc(N(c2cc(F)c(-c3ccc(-c4ccccc4)cc3)cc2F)c2ccc3ccc4c(N(c5ccc(C#N)cc5)c5cc(F)c(-c6ccc(-c7ccccc7)cc6)cc5F)ccc5ccc2c3c54)cc1.[C-]#[N+]c1ccc(N(c2cc(F)c(-c3ccccc3[Si](C)(C)C)cc2F)c2ccc3ccc4c(N(c5ccc(C#N)cc5)c5cc(F)c(-c6ccccc6[Si](C)(C)C)cc5F)ccc5ccc2c3c54)cc1. The van der Waals surface area contributed by atoms with E-state index in [2.05, 4.69) is 61.1 Å². The molecule has 0 N–H and O–H groups in total. The van der Waals surface area contributed by atoms with Crippen LogP contribution in [-0.2, 0) is 0 Å². The number of hydrogen-bond acceptors (Lipinski definition) is 6. The maximum Gasteiger partial charge on any atom is 0.187 e. The summed E-state index contributed by atoms with van der Waals surface area (Å²) < 4.78 is 135. The van der Waals surface area contributed by atoms with E-state index >= 15 is 35.1 Å². The molecule has 0 atom stereocenters. The third kappa shape index (κ3) is 17.0. The summed E-state index contributed by atoms with van der Waals surface area (Å²) in [6.07, 6.45) is 0. The number of halogens is 8. The minimum atomic E-state index is -1.97. The van der Waals surface area contributed by atoms with Crippen LogP contribution in [0.1, 0.15) is 11.1 Å². The molecule has 18 heteroatoms. The fraction of sp³-hybridized carbons (Fsp3) is 0.0476. The molecule has 0 unspecified atom stereocenters. The van der Waals surface area contributed by atoms with Crippen molar-refractivity contribution in [3.8, 4) is 78.9 Å². The van der Waals surface area contributed by atoms with E-state index in [-0.39, 0.29) is 45.0 Å². The molecule has 22 aromatic carbocycles. The van der Waals surface area contributed by atoms with Crippen molar-refractivity contribution in [1.29, 1.82) is 10.5 Å². The molecule has 144 heavy (non-hydrogen) atoms. The Morgan fingerprint density at radius 1 is 0.222 bits per heavy atom. The van der Waals surface area contributed by atoms with Crippen LogP contribution in [-0.4, -0.2) is 16.1 Å². The number of hydrogen-bond donors (Lipinski definition) is 0. The lowest BCUT2D eigenvalue weighted by Gasteiger charge is -2.30. The highest BCUT2D eigenvalue weighted by Gasteiger charge is 2.33. The van der Waals surface area contributed by atoms with Crippen molar-refractivity contribution in [1.82, 2.24) is 0 Å². The van der Waals surface area contributed by atoms with Crippen LogP contribution >= 0.6 is 0 Å². The molecule has 0 aliphatic rings. The molecule has 0 spiro atoms. The van der Waals surface area contributed by atoms with Gasteiger partial charge in [-0.05, 0) is 209 Å². The Morgan fingerprint density at radius 2 is 0.458 bits per heavy atom. The Bertz CT molecular complexity index is 8460. The summed E-state index contributed by atoms with van der Waals surface area (Å²) in [4.78, 5) is 13.9. The van der Waals surface area contributed by atoms with Gasteiger partial charge in [-0.1, -0.05) is 304 Å². The van der Waals surface area contributed by atoms with Crippen LogP contribution < -0.4 is 30.0 Å². The quantitative estimate of drug-likeness (QED) is 0.0328. The van der Waals surface area contributed by atoms with E-state index in [1.165, 1.54) is 48.5 Å². The maximum atomic E-state index is 17.1. The van der Waals surface area contributed by atoms with Crippen molar-refractivity contribution >= 4 is 171 Å². The Balaban J connectivity index is 0.000000170. The van der Waals surface area contributed by atoms with Gasteiger partial charge in [0, 0.05) is 90.8 Å². The van der Waals surface area contributed by atoms with Crippen molar-refractivity contribution in [2.24, 2.45) is 0 Å².